The number of carbonyl (C=O) groups is 2. The average molecular weight is 534 g/mol. The van der Waals surface area contributed by atoms with Crippen LogP contribution in [-0.4, -0.2) is 59.3 Å². The van der Waals surface area contributed by atoms with Crippen molar-refractivity contribution in [1.29, 1.82) is 0 Å². The molecule has 3 aliphatic heterocycles. The fraction of sp³-hybridized carbons (Fsp3) is 0.571. The first-order chi connectivity index (χ1) is 15.3. The van der Waals surface area contributed by atoms with Gasteiger partial charge in [-0.25, -0.2) is 9.59 Å². The van der Waals surface area contributed by atoms with E-state index in [0.29, 0.717) is 13.1 Å². The number of anilines is 1. The van der Waals surface area contributed by atoms with E-state index < -0.39 is 40.5 Å². The highest BCUT2D eigenvalue weighted by Crippen LogP contribution is 2.43. The number of halogens is 4. The predicted molar refractivity (Wildman–Crippen MR) is 115 cm³/mol. The molecular weight excluding hydrogens is 511 g/mol. The molecule has 3 aliphatic rings. The van der Waals surface area contributed by atoms with E-state index in [0.717, 1.165) is 12.5 Å². The molecule has 0 aliphatic carbocycles. The van der Waals surface area contributed by atoms with Gasteiger partial charge in [-0.3, -0.25) is 4.90 Å². The molecule has 180 valence electrons. The minimum atomic E-state index is -4.85. The number of fused-ring (bicyclic) bond motifs is 3. The third-order valence-corrected chi connectivity index (χ3v) is 6.05. The molecule has 3 saturated heterocycles. The SMILES string of the molecule is CCOC(=O)c1cc(Br)c2oc(N3CC4CC(C3)N4C(=O)OC(C)(C)C)nc2c1C(F)(F)F. The van der Waals surface area contributed by atoms with Crippen LogP contribution in [0.15, 0.2) is 15.0 Å². The lowest BCUT2D eigenvalue weighted by molar-refractivity contribution is -0.137. The molecule has 1 aromatic heterocycles. The van der Waals surface area contributed by atoms with Crippen molar-refractivity contribution in [3.05, 3.63) is 21.7 Å². The molecule has 3 fully saturated rings. The van der Waals surface area contributed by atoms with Crippen molar-refractivity contribution >= 4 is 45.1 Å². The first kappa shape index (κ1) is 23.7. The van der Waals surface area contributed by atoms with E-state index in [-0.39, 0.29) is 34.8 Å². The van der Waals surface area contributed by atoms with Crippen molar-refractivity contribution in [2.45, 2.75) is 58.0 Å². The van der Waals surface area contributed by atoms with Crippen LogP contribution in [0, 0.1) is 0 Å². The first-order valence-electron chi connectivity index (χ1n) is 10.4. The Balaban J connectivity index is 1.65. The van der Waals surface area contributed by atoms with Crippen LogP contribution < -0.4 is 4.90 Å². The summed E-state index contributed by atoms with van der Waals surface area (Å²) in [4.78, 5) is 32.1. The maximum absolute atomic E-state index is 13.9. The number of piperazine rings is 1. The Labute approximate surface area is 196 Å². The van der Waals surface area contributed by atoms with E-state index in [1.165, 1.54) is 6.92 Å². The summed E-state index contributed by atoms with van der Waals surface area (Å²) in [7, 11) is 0. The third kappa shape index (κ3) is 4.36. The summed E-state index contributed by atoms with van der Waals surface area (Å²) in [5.41, 5.74) is -3.06. The summed E-state index contributed by atoms with van der Waals surface area (Å²) in [5.74, 6) is -1.09. The minimum Gasteiger partial charge on any atom is -0.462 e. The number of esters is 1. The molecule has 4 heterocycles. The molecule has 5 rings (SSSR count). The van der Waals surface area contributed by atoms with Gasteiger partial charge >= 0.3 is 18.2 Å². The van der Waals surface area contributed by atoms with Gasteiger partial charge in [0.25, 0.3) is 6.01 Å². The van der Waals surface area contributed by atoms with Crippen molar-refractivity contribution < 1.29 is 36.7 Å². The van der Waals surface area contributed by atoms with Crippen molar-refractivity contribution in [2.75, 3.05) is 24.6 Å². The molecule has 2 aromatic rings. The fourth-order valence-corrected chi connectivity index (χ4v) is 4.70. The Morgan fingerprint density at radius 1 is 1.24 bits per heavy atom. The van der Waals surface area contributed by atoms with Crippen LogP contribution in [0.3, 0.4) is 0 Å². The lowest BCUT2D eigenvalue weighted by Crippen LogP contribution is -2.70. The average Bonchev–Trinajstić information content (AvgIpc) is 3.11. The smallest absolute Gasteiger partial charge is 0.419 e. The van der Waals surface area contributed by atoms with E-state index in [1.807, 2.05) is 0 Å². The van der Waals surface area contributed by atoms with Crippen LogP contribution in [0.1, 0.15) is 50.0 Å². The molecular formula is C21H23BrF3N3O5. The van der Waals surface area contributed by atoms with Crippen molar-refractivity contribution in [1.82, 2.24) is 9.88 Å². The molecule has 1 aromatic carbocycles. The highest BCUT2D eigenvalue weighted by atomic mass is 79.9. The first-order valence-corrected chi connectivity index (χ1v) is 11.2. The van der Waals surface area contributed by atoms with Gasteiger partial charge in [-0.2, -0.15) is 18.2 Å². The maximum atomic E-state index is 13.9. The van der Waals surface area contributed by atoms with Crippen LogP contribution in [0.5, 0.6) is 0 Å². The zero-order valence-corrected chi connectivity index (χ0v) is 20.0. The number of hydrogen-bond donors (Lipinski definition) is 0. The zero-order chi connectivity index (χ0) is 24.3. The van der Waals surface area contributed by atoms with E-state index >= 15 is 0 Å². The monoisotopic (exact) mass is 533 g/mol. The highest BCUT2D eigenvalue weighted by molar-refractivity contribution is 9.10. The molecule has 2 unspecified atom stereocenters. The lowest BCUT2D eigenvalue weighted by atomic mass is 9.88. The number of aromatic nitrogens is 1. The standard InChI is InChI=1S/C21H23BrF3N3O5/c1-5-31-17(29)12-7-13(22)16-15(14(12)21(23,24)25)26-18(32-16)27-8-10-6-11(9-27)28(10)19(30)33-20(2,3)4/h7,10-11H,5-6,8-9H2,1-4H3. The quantitative estimate of drug-likeness (QED) is 0.514. The second-order valence-corrected chi connectivity index (χ2v) is 9.86. The molecule has 33 heavy (non-hydrogen) atoms. The molecule has 12 heteroatoms. The number of piperidine rings is 1. The second-order valence-electron chi connectivity index (χ2n) is 9.01. The summed E-state index contributed by atoms with van der Waals surface area (Å²) in [5, 5.41) is 0. The predicted octanol–water partition coefficient (Wildman–Crippen LogP) is 4.98. The van der Waals surface area contributed by atoms with Crippen molar-refractivity contribution in [3.8, 4) is 0 Å². The number of rotatable bonds is 3. The molecule has 1 amide bonds. The van der Waals surface area contributed by atoms with Gasteiger partial charge in [0, 0.05) is 13.1 Å². The van der Waals surface area contributed by atoms with Gasteiger partial charge in [-0.15, -0.1) is 0 Å². The van der Waals surface area contributed by atoms with Gasteiger partial charge in [0.05, 0.1) is 34.3 Å². The molecule has 8 nitrogen and oxygen atoms in total. The summed E-state index contributed by atoms with van der Waals surface area (Å²) in [6.45, 7) is 7.47. The van der Waals surface area contributed by atoms with Gasteiger partial charge in [-0.1, -0.05) is 0 Å². The number of carbonyl (C=O) groups excluding carboxylic acids is 2. The number of benzene rings is 1. The highest BCUT2D eigenvalue weighted by Gasteiger charge is 2.50. The number of alkyl halides is 3. The summed E-state index contributed by atoms with van der Waals surface area (Å²) in [6, 6.07) is 0.718. The van der Waals surface area contributed by atoms with Crippen molar-refractivity contribution in [3.63, 3.8) is 0 Å². The Morgan fingerprint density at radius 3 is 2.42 bits per heavy atom. The summed E-state index contributed by atoms with van der Waals surface area (Å²) < 4.78 is 57.9. The summed E-state index contributed by atoms with van der Waals surface area (Å²) in [6.07, 6.45) is -4.50. The molecule has 2 atom stereocenters. The topological polar surface area (TPSA) is 85.1 Å². The molecule has 0 N–H and O–H groups in total. The zero-order valence-electron chi connectivity index (χ0n) is 18.5. The fourth-order valence-electron chi connectivity index (χ4n) is 4.20. The normalized spacial score (nSPS) is 20.6. The Kier molecular flexibility index (Phi) is 5.78. The molecule has 0 radical (unpaired) electrons. The van der Waals surface area contributed by atoms with Gasteiger partial charge < -0.3 is 18.8 Å². The molecule has 2 bridgehead atoms. The number of amides is 1. The van der Waals surface area contributed by atoms with Crippen LogP contribution in [0.25, 0.3) is 11.1 Å². The number of nitrogens with zero attached hydrogens (tertiary/aromatic N) is 3. The maximum Gasteiger partial charge on any atom is 0.419 e. The van der Waals surface area contributed by atoms with E-state index in [1.54, 1.807) is 30.6 Å². The Hall–Kier alpha value is -2.50. The number of oxazole rings is 1. The Morgan fingerprint density at radius 2 is 1.88 bits per heavy atom. The second kappa shape index (κ2) is 8.07. The van der Waals surface area contributed by atoms with Crippen molar-refractivity contribution in [2.24, 2.45) is 0 Å². The van der Waals surface area contributed by atoms with Crippen LogP contribution in [0.2, 0.25) is 0 Å². The van der Waals surface area contributed by atoms with Crippen LogP contribution in [0.4, 0.5) is 24.0 Å². The van der Waals surface area contributed by atoms with Gasteiger partial charge in [0.15, 0.2) is 5.58 Å². The third-order valence-electron chi connectivity index (χ3n) is 5.46. The van der Waals surface area contributed by atoms with Crippen LogP contribution in [-0.2, 0) is 15.7 Å². The van der Waals surface area contributed by atoms with Gasteiger partial charge in [-0.05, 0) is 56.1 Å². The molecule has 0 saturated carbocycles. The largest absolute Gasteiger partial charge is 0.462 e. The van der Waals surface area contributed by atoms with E-state index in [9.17, 15) is 22.8 Å². The van der Waals surface area contributed by atoms with Gasteiger partial charge in [0.1, 0.15) is 11.1 Å². The summed E-state index contributed by atoms with van der Waals surface area (Å²) >= 11 is 3.19. The van der Waals surface area contributed by atoms with E-state index in [4.69, 9.17) is 13.9 Å². The minimum absolute atomic E-state index is 0.00394. The number of ether oxygens (including phenoxy) is 2. The lowest BCUT2D eigenvalue weighted by Gasteiger charge is -2.55. The van der Waals surface area contributed by atoms with Crippen LogP contribution >= 0.6 is 15.9 Å². The number of hydrogen-bond acceptors (Lipinski definition) is 7. The van der Waals surface area contributed by atoms with Gasteiger partial charge in [0.2, 0.25) is 0 Å². The molecule has 0 spiro atoms. The Bertz CT molecular complexity index is 1100. The van der Waals surface area contributed by atoms with E-state index in [2.05, 4.69) is 20.9 Å².